The number of rotatable bonds is 13. The van der Waals surface area contributed by atoms with Crippen LogP contribution in [0.2, 0.25) is 0 Å². The van der Waals surface area contributed by atoms with Crippen LogP contribution in [0.1, 0.15) is 58.3 Å². The molecule has 0 aliphatic carbocycles. The average molecular weight is 298 g/mol. The van der Waals surface area contributed by atoms with Crippen molar-refractivity contribution in [1.82, 2.24) is 5.32 Å². The highest BCUT2D eigenvalue weighted by atomic mass is 16.4. The number of hydrogen-bond acceptors (Lipinski definition) is 4. The molecule has 0 aromatic heterocycles. The molecule has 0 radical (unpaired) electrons. The summed E-state index contributed by atoms with van der Waals surface area (Å²) in [6, 6.07) is 1.31. The first-order valence-electron chi connectivity index (χ1n) is 7.56. The summed E-state index contributed by atoms with van der Waals surface area (Å²) < 4.78 is 0. The Hall–Kier alpha value is -1.61. The molecule has 0 heterocycles. The molecule has 2 atom stereocenters. The Morgan fingerprint density at radius 1 is 1.19 bits per heavy atom. The Kier molecular flexibility index (Phi) is 11.2. The molecule has 3 N–H and O–H groups in total. The second-order valence-corrected chi connectivity index (χ2v) is 5.29. The fourth-order valence-electron chi connectivity index (χ4n) is 2.28. The van der Waals surface area contributed by atoms with Gasteiger partial charge < -0.3 is 15.5 Å². The lowest BCUT2D eigenvalue weighted by atomic mass is 9.96. The summed E-state index contributed by atoms with van der Waals surface area (Å²) in [5.74, 6) is -1.61. The molecule has 2 unspecified atom stereocenters. The third kappa shape index (κ3) is 10.8. The minimum absolute atomic E-state index is 0.0952. The highest BCUT2D eigenvalue weighted by Crippen LogP contribution is 2.15. The number of hydrogen-bond donors (Lipinski definition) is 3. The van der Waals surface area contributed by atoms with Crippen molar-refractivity contribution in [3.8, 4) is 6.07 Å². The third-order valence-electron chi connectivity index (χ3n) is 3.45. The van der Waals surface area contributed by atoms with E-state index in [0.29, 0.717) is 18.9 Å². The number of nitriles is 1. The maximum atomic E-state index is 11.1. The number of aliphatic carboxylic acids is 2. The van der Waals surface area contributed by atoms with Crippen LogP contribution in [0.15, 0.2) is 0 Å². The van der Waals surface area contributed by atoms with E-state index in [1.165, 1.54) is 0 Å². The van der Waals surface area contributed by atoms with E-state index >= 15 is 0 Å². The molecule has 0 saturated carbocycles. The first-order valence-corrected chi connectivity index (χ1v) is 7.56. The van der Waals surface area contributed by atoms with Gasteiger partial charge in [-0.25, -0.2) is 0 Å². The number of nitrogens with one attached hydrogen (secondary N) is 1. The molecule has 0 spiro atoms. The van der Waals surface area contributed by atoms with E-state index in [0.717, 1.165) is 32.1 Å². The monoisotopic (exact) mass is 298 g/mol. The molecule has 6 heteroatoms. The van der Waals surface area contributed by atoms with Gasteiger partial charge in [-0.2, -0.15) is 5.26 Å². The van der Waals surface area contributed by atoms with Gasteiger partial charge in [0.05, 0.1) is 6.07 Å². The quantitative estimate of drug-likeness (QED) is 0.450. The van der Waals surface area contributed by atoms with E-state index in [9.17, 15) is 9.59 Å². The SMILES string of the molecule is CCCC(CCCCC#N)CNC(CCC(=O)O)C(=O)O. The van der Waals surface area contributed by atoms with E-state index < -0.39 is 18.0 Å². The minimum Gasteiger partial charge on any atom is -0.481 e. The van der Waals surface area contributed by atoms with Gasteiger partial charge in [0.2, 0.25) is 0 Å². The zero-order chi connectivity index (χ0) is 16.1. The molecule has 0 fully saturated rings. The summed E-state index contributed by atoms with van der Waals surface area (Å²) in [6.45, 7) is 2.67. The van der Waals surface area contributed by atoms with Crippen molar-refractivity contribution in [2.24, 2.45) is 5.92 Å². The van der Waals surface area contributed by atoms with Gasteiger partial charge in [-0.3, -0.25) is 9.59 Å². The number of carbonyl (C=O) groups is 2. The molecular weight excluding hydrogens is 272 g/mol. The lowest BCUT2D eigenvalue weighted by Gasteiger charge is -2.20. The number of unbranched alkanes of at least 4 members (excludes halogenated alkanes) is 2. The van der Waals surface area contributed by atoms with Crippen molar-refractivity contribution in [2.45, 2.75) is 64.3 Å². The second-order valence-electron chi connectivity index (χ2n) is 5.29. The molecule has 0 saturated heterocycles. The largest absolute Gasteiger partial charge is 0.481 e. The van der Waals surface area contributed by atoms with Crippen LogP contribution >= 0.6 is 0 Å². The molecule has 0 bridgehead atoms. The van der Waals surface area contributed by atoms with Crippen LogP contribution in [0.4, 0.5) is 0 Å². The Bertz CT molecular complexity index is 352. The molecule has 0 aliphatic rings. The number of nitrogens with zero attached hydrogens (tertiary/aromatic N) is 1. The third-order valence-corrected chi connectivity index (χ3v) is 3.45. The molecule has 6 nitrogen and oxygen atoms in total. The maximum Gasteiger partial charge on any atom is 0.320 e. The predicted octanol–water partition coefficient (Wildman–Crippen LogP) is 2.39. The molecule has 21 heavy (non-hydrogen) atoms. The summed E-state index contributed by atoms with van der Waals surface area (Å²) in [7, 11) is 0. The minimum atomic E-state index is -1.00. The zero-order valence-electron chi connectivity index (χ0n) is 12.7. The topological polar surface area (TPSA) is 110 Å². The van der Waals surface area contributed by atoms with Gasteiger partial charge in [0, 0.05) is 12.8 Å². The van der Waals surface area contributed by atoms with Gasteiger partial charge in [-0.15, -0.1) is 0 Å². The van der Waals surface area contributed by atoms with Crippen LogP contribution in [0.25, 0.3) is 0 Å². The molecule has 0 amide bonds. The van der Waals surface area contributed by atoms with Crippen molar-refractivity contribution < 1.29 is 19.8 Å². The molecular formula is C15H26N2O4. The molecule has 0 aromatic rings. The summed E-state index contributed by atoms with van der Waals surface area (Å²) in [4.78, 5) is 21.6. The summed E-state index contributed by atoms with van der Waals surface area (Å²) in [5.41, 5.74) is 0. The van der Waals surface area contributed by atoms with Gasteiger partial charge in [0.25, 0.3) is 0 Å². The van der Waals surface area contributed by atoms with Gasteiger partial charge in [0.1, 0.15) is 6.04 Å². The highest BCUT2D eigenvalue weighted by Gasteiger charge is 2.19. The van der Waals surface area contributed by atoms with Crippen molar-refractivity contribution in [3.05, 3.63) is 0 Å². The predicted molar refractivity (Wildman–Crippen MR) is 78.8 cm³/mol. The smallest absolute Gasteiger partial charge is 0.320 e. The van der Waals surface area contributed by atoms with Gasteiger partial charge >= 0.3 is 11.9 Å². The first-order chi connectivity index (χ1) is 10.0. The van der Waals surface area contributed by atoms with E-state index in [1.54, 1.807) is 0 Å². The van der Waals surface area contributed by atoms with Gasteiger partial charge in [-0.1, -0.05) is 19.8 Å². The fraction of sp³-hybridized carbons (Fsp3) is 0.800. The highest BCUT2D eigenvalue weighted by molar-refractivity contribution is 5.75. The van der Waals surface area contributed by atoms with Crippen LogP contribution in [-0.4, -0.2) is 34.7 Å². The van der Waals surface area contributed by atoms with Crippen molar-refractivity contribution >= 4 is 11.9 Å². The summed E-state index contributed by atoms with van der Waals surface area (Å²) in [6.07, 6.45) is 5.34. The normalized spacial score (nSPS) is 13.3. The van der Waals surface area contributed by atoms with E-state index in [4.69, 9.17) is 15.5 Å². The van der Waals surface area contributed by atoms with Crippen molar-refractivity contribution in [2.75, 3.05) is 6.54 Å². The van der Waals surface area contributed by atoms with Crippen LogP contribution in [0.5, 0.6) is 0 Å². The first kappa shape index (κ1) is 19.4. The summed E-state index contributed by atoms with van der Waals surface area (Å²) >= 11 is 0. The average Bonchev–Trinajstić information content (AvgIpc) is 2.42. The lowest BCUT2D eigenvalue weighted by Crippen LogP contribution is -2.39. The molecule has 0 aromatic carbocycles. The fourth-order valence-corrected chi connectivity index (χ4v) is 2.28. The Morgan fingerprint density at radius 3 is 2.43 bits per heavy atom. The lowest BCUT2D eigenvalue weighted by molar-refractivity contribution is -0.140. The Morgan fingerprint density at radius 2 is 1.90 bits per heavy atom. The van der Waals surface area contributed by atoms with E-state index in [-0.39, 0.29) is 12.8 Å². The van der Waals surface area contributed by atoms with Crippen LogP contribution < -0.4 is 5.32 Å². The van der Waals surface area contributed by atoms with Crippen molar-refractivity contribution in [3.63, 3.8) is 0 Å². The van der Waals surface area contributed by atoms with Crippen LogP contribution in [0.3, 0.4) is 0 Å². The van der Waals surface area contributed by atoms with E-state index in [1.807, 2.05) is 0 Å². The Balaban J connectivity index is 4.18. The van der Waals surface area contributed by atoms with Crippen LogP contribution in [-0.2, 0) is 9.59 Å². The Labute approximate surface area is 126 Å². The molecule has 0 rings (SSSR count). The number of carboxylic acid groups (broad SMARTS) is 2. The molecule has 0 aliphatic heterocycles. The van der Waals surface area contributed by atoms with E-state index in [2.05, 4.69) is 18.3 Å². The number of carboxylic acids is 2. The van der Waals surface area contributed by atoms with Crippen molar-refractivity contribution in [1.29, 1.82) is 5.26 Å². The molecule has 120 valence electrons. The maximum absolute atomic E-state index is 11.1. The summed E-state index contributed by atoms with van der Waals surface area (Å²) in [5, 5.41) is 29.2. The van der Waals surface area contributed by atoms with Crippen LogP contribution in [0, 0.1) is 17.2 Å². The second kappa shape index (κ2) is 12.2. The standard InChI is InChI=1S/C15H26N2O4/c1-2-6-12(7-4-3-5-10-16)11-17-13(15(20)21)8-9-14(18)19/h12-13,17H,2-9,11H2,1H3,(H,18,19)(H,20,21). The van der Waals surface area contributed by atoms with Gasteiger partial charge in [0.15, 0.2) is 0 Å². The zero-order valence-corrected chi connectivity index (χ0v) is 12.7. The van der Waals surface area contributed by atoms with Gasteiger partial charge in [-0.05, 0) is 38.1 Å².